The van der Waals surface area contributed by atoms with Crippen LogP contribution in [0.15, 0.2) is 48.5 Å². The first-order valence-corrected chi connectivity index (χ1v) is 6.23. The highest BCUT2D eigenvalue weighted by atomic mass is 16.4. The molecule has 1 atom stereocenters. The highest BCUT2D eigenvalue weighted by Gasteiger charge is 2.09. The lowest BCUT2D eigenvalue weighted by Gasteiger charge is -2.08. The van der Waals surface area contributed by atoms with Gasteiger partial charge >= 0.3 is 5.97 Å². The molecule has 0 aliphatic rings. The van der Waals surface area contributed by atoms with Crippen LogP contribution in [0.3, 0.4) is 0 Å². The molecule has 0 saturated heterocycles. The third-order valence-electron chi connectivity index (χ3n) is 2.89. The second kappa shape index (κ2) is 6.19. The van der Waals surface area contributed by atoms with Crippen LogP contribution >= 0.6 is 0 Å². The van der Waals surface area contributed by atoms with Crippen LogP contribution in [0.1, 0.15) is 20.7 Å². The van der Waals surface area contributed by atoms with Crippen LogP contribution in [-0.4, -0.2) is 28.3 Å². The number of carbonyl (C=O) groups excluding carboxylic acids is 1. The van der Waals surface area contributed by atoms with E-state index in [-0.39, 0.29) is 5.56 Å². The molecular weight excluding hydrogens is 270 g/mol. The predicted molar refractivity (Wildman–Crippen MR) is 77.7 cm³/mol. The number of carboxylic acid groups (broad SMARTS) is 1. The van der Waals surface area contributed by atoms with Gasteiger partial charge in [0.2, 0.25) is 0 Å². The molecule has 1 unspecified atom stereocenters. The molecule has 2 aromatic rings. The molecule has 1 radical (unpaired) electrons. The largest absolute Gasteiger partial charge is 0.478 e. The van der Waals surface area contributed by atoms with Crippen LogP contribution < -0.4 is 5.32 Å². The smallest absolute Gasteiger partial charge is 0.335 e. The molecule has 0 saturated carbocycles. The zero-order chi connectivity index (χ0) is 15.4. The first kappa shape index (κ1) is 14.7. The average molecular weight is 284 g/mol. The van der Waals surface area contributed by atoms with Crippen molar-refractivity contribution >= 4 is 11.9 Å². The first-order valence-electron chi connectivity index (χ1n) is 6.23. The van der Waals surface area contributed by atoms with Gasteiger partial charge < -0.3 is 15.5 Å². The van der Waals surface area contributed by atoms with Crippen LogP contribution in [0.25, 0.3) is 11.1 Å². The molecule has 1 amide bonds. The molecular formula is C16H14NO4. The Morgan fingerprint density at radius 2 is 1.67 bits per heavy atom. The lowest BCUT2D eigenvalue weighted by molar-refractivity contribution is 0.0696. The first-order chi connectivity index (χ1) is 9.97. The normalized spacial score (nSPS) is 11.7. The summed E-state index contributed by atoms with van der Waals surface area (Å²) >= 11 is 0. The van der Waals surface area contributed by atoms with Crippen molar-refractivity contribution in [2.75, 3.05) is 0 Å². The highest BCUT2D eigenvalue weighted by Crippen LogP contribution is 2.21. The van der Waals surface area contributed by atoms with Gasteiger partial charge in [-0.15, -0.1) is 0 Å². The molecule has 107 valence electrons. The Morgan fingerprint density at radius 3 is 2.24 bits per heavy atom. The fourth-order valence-corrected chi connectivity index (χ4v) is 1.88. The molecule has 0 bridgehead atoms. The van der Waals surface area contributed by atoms with Crippen molar-refractivity contribution in [1.82, 2.24) is 5.32 Å². The Kier molecular flexibility index (Phi) is 4.35. The molecule has 3 N–H and O–H groups in total. The number of nitrogens with one attached hydrogen (secondary N) is 1. The molecule has 5 nitrogen and oxygen atoms in total. The molecule has 0 aliphatic heterocycles. The summed E-state index contributed by atoms with van der Waals surface area (Å²) in [6, 6.07) is 13.2. The number of amides is 1. The lowest BCUT2D eigenvalue weighted by Crippen LogP contribution is -2.32. The number of carbonyl (C=O) groups is 2. The van der Waals surface area contributed by atoms with E-state index in [1.54, 1.807) is 42.5 Å². The van der Waals surface area contributed by atoms with Crippen LogP contribution in [-0.2, 0) is 0 Å². The molecule has 2 aromatic carbocycles. The van der Waals surface area contributed by atoms with Crippen molar-refractivity contribution in [3.63, 3.8) is 0 Å². The molecule has 0 aromatic heterocycles. The maximum atomic E-state index is 11.7. The van der Waals surface area contributed by atoms with Crippen LogP contribution in [0, 0.1) is 6.92 Å². The van der Waals surface area contributed by atoms with Crippen molar-refractivity contribution in [1.29, 1.82) is 0 Å². The number of rotatable bonds is 4. The predicted octanol–water partition coefficient (Wildman–Crippen LogP) is 1.93. The van der Waals surface area contributed by atoms with Gasteiger partial charge in [-0.2, -0.15) is 0 Å². The summed E-state index contributed by atoms with van der Waals surface area (Å²) in [7, 11) is 0. The quantitative estimate of drug-likeness (QED) is 0.749. The van der Waals surface area contributed by atoms with E-state index in [1.165, 1.54) is 6.07 Å². The van der Waals surface area contributed by atoms with E-state index in [4.69, 9.17) is 10.2 Å². The van der Waals surface area contributed by atoms with Gasteiger partial charge in [-0.1, -0.05) is 24.3 Å². The van der Waals surface area contributed by atoms with Crippen LogP contribution in [0.5, 0.6) is 0 Å². The van der Waals surface area contributed by atoms with Crippen LogP contribution in [0.4, 0.5) is 0 Å². The summed E-state index contributed by atoms with van der Waals surface area (Å²) in [5.74, 6) is -1.42. The lowest BCUT2D eigenvalue weighted by atomic mass is 10.0. The standard InChI is InChI=1S/C16H14NO4/c1-10(18)17-15(19)12-7-5-11(6-8-12)13-3-2-4-14(9-13)16(20)21/h2-10,18H,1H2,(H,17,19)(H,20,21). The molecule has 0 fully saturated rings. The van der Waals surface area contributed by atoms with Gasteiger partial charge in [0.15, 0.2) is 0 Å². The summed E-state index contributed by atoms with van der Waals surface area (Å²) in [6.07, 6.45) is -1.16. The molecule has 0 aliphatic carbocycles. The van der Waals surface area contributed by atoms with Gasteiger partial charge in [-0.3, -0.25) is 4.79 Å². The minimum atomic E-state index is -1.16. The van der Waals surface area contributed by atoms with E-state index in [9.17, 15) is 9.59 Å². The minimum Gasteiger partial charge on any atom is -0.478 e. The second-order valence-corrected chi connectivity index (χ2v) is 4.45. The monoisotopic (exact) mass is 284 g/mol. The highest BCUT2D eigenvalue weighted by molar-refractivity contribution is 5.95. The summed E-state index contributed by atoms with van der Waals surface area (Å²) in [5, 5.41) is 20.2. The van der Waals surface area contributed by atoms with E-state index >= 15 is 0 Å². The third kappa shape index (κ3) is 3.67. The van der Waals surface area contributed by atoms with Crippen LogP contribution in [0.2, 0.25) is 0 Å². The van der Waals surface area contributed by atoms with Gasteiger partial charge in [0.1, 0.15) is 6.23 Å². The SMILES string of the molecule is [CH2]C(O)NC(=O)c1ccc(-c2cccc(C(=O)O)c2)cc1. The van der Waals surface area contributed by atoms with Gasteiger partial charge in [0.05, 0.1) is 5.56 Å². The topological polar surface area (TPSA) is 86.6 Å². The minimum absolute atomic E-state index is 0.203. The number of benzene rings is 2. The number of carboxylic acids is 1. The van der Waals surface area contributed by atoms with Gasteiger partial charge in [0.25, 0.3) is 5.91 Å². The Balaban J connectivity index is 2.25. The van der Waals surface area contributed by atoms with E-state index in [1.807, 2.05) is 0 Å². The summed E-state index contributed by atoms with van der Waals surface area (Å²) in [4.78, 5) is 22.6. The van der Waals surface area contributed by atoms with Gasteiger partial charge in [0, 0.05) is 5.56 Å². The third-order valence-corrected chi connectivity index (χ3v) is 2.89. The maximum Gasteiger partial charge on any atom is 0.335 e. The second-order valence-electron chi connectivity index (χ2n) is 4.45. The molecule has 2 rings (SSSR count). The molecule has 0 spiro atoms. The molecule has 0 heterocycles. The van der Waals surface area contributed by atoms with Gasteiger partial charge in [-0.25, -0.2) is 4.79 Å². The van der Waals surface area contributed by atoms with E-state index in [2.05, 4.69) is 12.2 Å². The Bertz CT molecular complexity index is 662. The van der Waals surface area contributed by atoms with Gasteiger partial charge in [-0.05, 0) is 42.3 Å². The number of aliphatic hydroxyl groups excluding tert-OH is 1. The van der Waals surface area contributed by atoms with Crippen molar-refractivity contribution < 1.29 is 19.8 Å². The van der Waals surface area contributed by atoms with Crippen molar-refractivity contribution in [2.24, 2.45) is 0 Å². The molecule has 5 heteroatoms. The fraction of sp³-hybridized carbons (Fsp3) is 0.0625. The Hall–Kier alpha value is -2.66. The molecule has 21 heavy (non-hydrogen) atoms. The maximum absolute atomic E-state index is 11.7. The fourth-order valence-electron chi connectivity index (χ4n) is 1.88. The number of aliphatic hydroxyl groups is 1. The zero-order valence-electron chi connectivity index (χ0n) is 11.1. The van der Waals surface area contributed by atoms with Crippen molar-refractivity contribution in [3.8, 4) is 11.1 Å². The number of aromatic carboxylic acids is 1. The summed E-state index contributed by atoms with van der Waals surface area (Å²) in [5.41, 5.74) is 2.13. The van der Waals surface area contributed by atoms with E-state index in [0.717, 1.165) is 11.1 Å². The Morgan fingerprint density at radius 1 is 1.00 bits per heavy atom. The number of hydrogen-bond donors (Lipinski definition) is 3. The average Bonchev–Trinajstić information content (AvgIpc) is 2.47. The van der Waals surface area contributed by atoms with Crippen molar-refractivity contribution in [2.45, 2.75) is 6.23 Å². The Labute approximate surface area is 121 Å². The number of hydrogen-bond acceptors (Lipinski definition) is 3. The summed E-state index contributed by atoms with van der Waals surface area (Å²) < 4.78 is 0. The van der Waals surface area contributed by atoms with E-state index in [0.29, 0.717) is 5.56 Å². The van der Waals surface area contributed by atoms with E-state index < -0.39 is 18.1 Å². The van der Waals surface area contributed by atoms with Crippen molar-refractivity contribution in [3.05, 3.63) is 66.6 Å². The summed E-state index contributed by atoms with van der Waals surface area (Å²) in [6.45, 7) is 3.26. The zero-order valence-corrected chi connectivity index (χ0v) is 11.1.